The molecular weight excluding hydrogens is 628 g/mol. The van der Waals surface area contributed by atoms with Gasteiger partial charge in [0.2, 0.25) is 0 Å². The van der Waals surface area contributed by atoms with E-state index in [1.807, 2.05) is 79.7 Å². The molecule has 4 rings (SSSR count). The maximum absolute atomic E-state index is 13.1. The molecule has 1 heterocycles. The third-order valence-electron chi connectivity index (χ3n) is 4.73. The van der Waals surface area contributed by atoms with Gasteiger partial charge in [0.15, 0.2) is 0 Å². The van der Waals surface area contributed by atoms with Gasteiger partial charge in [0, 0.05) is 20.1 Å². The number of hydrazone groups is 1. The van der Waals surface area contributed by atoms with Crippen LogP contribution < -0.4 is 10.2 Å². The van der Waals surface area contributed by atoms with Crippen molar-refractivity contribution in [3.05, 3.63) is 91.1 Å². The third-order valence-corrected chi connectivity index (χ3v) is 6.15. The lowest BCUT2D eigenvalue weighted by Gasteiger charge is -2.10. The second-order valence-corrected chi connectivity index (χ2v) is 9.28. The first kappa shape index (κ1) is 22.7. The Morgan fingerprint density at radius 3 is 2.59 bits per heavy atom. The molecule has 0 fully saturated rings. The second kappa shape index (κ2) is 10.4. The van der Waals surface area contributed by atoms with Gasteiger partial charge >= 0.3 is 0 Å². The van der Waals surface area contributed by atoms with Crippen LogP contribution in [0.3, 0.4) is 0 Å². The van der Waals surface area contributed by atoms with Crippen LogP contribution in [0.2, 0.25) is 0 Å². The monoisotopic (exact) mass is 647 g/mol. The molecule has 0 radical (unpaired) electrons. The lowest BCUT2D eigenvalue weighted by Crippen LogP contribution is -2.18. The average molecular weight is 647 g/mol. The maximum atomic E-state index is 13.1. The quantitative estimate of drug-likeness (QED) is 0.153. The molecule has 0 aliphatic rings. The number of fused-ring (bicyclic) bond motifs is 1. The first-order chi connectivity index (χ1) is 15.6. The van der Waals surface area contributed by atoms with Crippen molar-refractivity contribution >= 4 is 68.2 Å². The lowest BCUT2D eigenvalue weighted by molar-refractivity contribution is 0.0956. The van der Waals surface area contributed by atoms with E-state index in [9.17, 15) is 4.79 Å². The molecule has 4 aromatic rings. The Morgan fingerprint density at radius 2 is 1.81 bits per heavy atom. The largest absolute Gasteiger partial charge is 0.492 e. The molecule has 7 heteroatoms. The number of ether oxygens (including phenoxy) is 1. The number of halogens is 2. The van der Waals surface area contributed by atoms with Crippen LogP contribution in [0.4, 0.5) is 0 Å². The van der Waals surface area contributed by atoms with Crippen molar-refractivity contribution in [1.82, 2.24) is 10.4 Å². The maximum Gasteiger partial charge on any atom is 0.272 e. The molecule has 0 aliphatic carbocycles. The fourth-order valence-corrected chi connectivity index (χ4v) is 5.36. The van der Waals surface area contributed by atoms with Crippen molar-refractivity contribution in [2.45, 2.75) is 6.92 Å². The van der Waals surface area contributed by atoms with Gasteiger partial charge in [-0.15, -0.1) is 0 Å². The van der Waals surface area contributed by atoms with E-state index in [2.05, 4.69) is 55.7 Å². The zero-order chi connectivity index (χ0) is 22.5. The molecule has 0 saturated heterocycles. The molecule has 0 unspecified atom stereocenters. The summed E-state index contributed by atoms with van der Waals surface area (Å²) in [7, 11) is 0. The highest BCUT2D eigenvalue weighted by Gasteiger charge is 2.14. The number of carbonyl (C=O) groups excluding carboxylic acids is 1. The predicted molar refractivity (Wildman–Crippen MR) is 145 cm³/mol. The molecule has 3 aromatic carbocycles. The average Bonchev–Trinajstić information content (AvgIpc) is 2.81. The molecule has 0 spiro atoms. The number of aromatic nitrogens is 1. The number of para-hydroxylation sites is 1. The van der Waals surface area contributed by atoms with Crippen LogP contribution in [0.5, 0.6) is 5.75 Å². The van der Waals surface area contributed by atoms with Gasteiger partial charge in [0.05, 0.1) is 33.2 Å². The van der Waals surface area contributed by atoms with Gasteiger partial charge in [-0.2, -0.15) is 5.10 Å². The van der Waals surface area contributed by atoms with E-state index in [1.165, 1.54) is 0 Å². The summed E-state index contributed by atoms with van der Waals surface area (Å²) in [5, 5.41) is 5.00. The fourth-order valence-electron chi connectivity index (χ4n) is 3.31. The van der Waals surface area contributed by atoms with Gasteiger partial charge in [-0.3, -0.25) is 4.79 Å². The summed E-state index contributed by atoms with van der Waals surface area (Å²) in [6, 6.07) is 23.2. The number of carbonyl (C=O) groups is 1. The zero-order valence-corrected chi connectivity index (χ0v) is 21.5. The van der Waals surface area contributed by atoms with E-state index in [0.717, 1.165) is 40.6 Å². The standard InChI is InChI=1S/C25H19I2N3O2/c1-2-32-24-17(12-18(26)13-21(24)27)15-28-30-25(31)20-14-23(16-8-4-3-5-9-16)29-22-11-7-6-10-19(20)22/h3-15H,2H2,1H3,(H,30,31)/b28-15-. The molecule has 0 aliphatic heterocycles. The molecule has 0 saturated carbocycles. The van der Waals surface area contributed by atoms with Gasteiger partial charge in [-0.05, 0) is 76.4 Å². The molecule has 1 N–H and O–H groups in total. The number of amides is 1. The van der Waals surface area contributed by atoms with Crippen LogP contribution in [0, 0.1) is 7.14 Å². The fraction of sp³-hybridized carbons (Fsp3) is 0.0800. The van der Waals surface area contributed by atoms with E-state index in [0.29, 0.717) is 12.2 Å². The Hall–Kier alpha value is -2.53. The molecule has 5 nitrogen and oxygen atoms in total. The molecule has 0 atom stereocenters. The van der Waals surface area contributed by atoms with Crippen LogP contribution >= 0.6 is 45.2 Å². The Morgan fingerprint density at radius 1 is 1.06 bits per heavy atom. The number of hydrogen-bond donors (Lipinski definition) is 1. The van der Waals surface area contributed by atoms with Gasteiger partial charge in [-0.1, -0.05) is 48.5 Å². The third kappa shape index (κ3) is 5.09. The minimum absolute atomic E-state index is 0.296. The van der Waals surface area contributed by atoms with Crippen molar-refractivity contribution in [3.8, 4) is 17.0 Å². The Labute approximate surface area is 213 Å². The Bertz CT molecular complexity index is 1310. The molecule has 160 valence electrons. The summed E-state index contributed by atoms with van der Waals surface area (Å²) >= 11 is 4.50. The van der Waals surface area contributed by atoms with E-state index < -0.39 is 0 Å². The van der Waals surface area contributed by atoms with Crippen LogP contribution in [0.1, 0.15) is 22.8 Å². The summed E-state index contributed by atoms with van der Waals surface area (Å²) < 4.78 is 7.83. The first-order valence-electron chi connectivity index (χ1n) is 9.97. The van der Waals surface area contributed by atoms with Crippen molar-refractivity contribution in [2.24, 2.45) is 5.10 Å². The highest BCUT2D eigenvalue weighted by atomic mass is 127. The Balaban J connectivity index is 1.66. The number of nitrogens with zero attached hydrogens (tertiary/aromatic N) is 2. The van der Waals surface area contributed by atoms with Crippen LogP contribution in [-0.4, -0.2) is 23.7 Å². The van der Waals surface area contributed by atoms with Gasteiger partial charge in [0.1, 0.15) is 5.75 Å². The van der Waals surface area contributed by atoms with E-state index in [4.69, 9.17) is 9.72 Å². The number of nitrogens with one attached hydrogen (secondary N) is 1. The predicted octanol–water partition coefficient (Wildman–Crippen LogP) is 6.27. The summed E-state index contributed by atoms with van der Waals surface area (Å²) in [5.74, 6) is 0.461. The summed E-state index contributed by atoms with van der Waals surface area (Å²) in [6.07, 6.45) is 1.62. The highest BCUT2D eigenvalue weighted by molar-refractivity contribution is 14.1. The Kier molecular flexibility index (Phi) is 7.36. The molecular formula is C25H19I2N3O2. The lowest BCUT2D eigenvalue weighted by atomic mass is 10.0. The number of hydrogen-bond acceptors (Lipinski definition) is 4. The van der Waals surface area contributed by atoms with Crippen LogP contribution in [0.25, 0.3) is 22.2 Å². The normalized spacial score (nSPS) is 11.1. The van der Waals surface area contributed by atoms with Gasteiger partial charge in [0.25, 0.3) is 5.91 Å². The molecule has 1 amide bonds. The van der Waals surface area contributed by atoms with Crippen LogP contribution in [0.15, 0.2) is 77.9 Å². The minimum Gasteiger partial charge on any atom is -0.492 e. The van der Waals surface area contributed by atoms with Crippen molar-refractivity contribution in [1.29, 1.82) is 0 Å². The topological polar surface area (TPSA) is 63.6 Å². The smallest absolute Gasteiger partial charge is 0.272 e. The second-order valence-electron chi connectivity index (χ2n) is 6.88. The minimum atomic E-state index is -0.296. The van der Waals surface area contributed by atoms with E-state index >= 15 is 0 Å². The number of benzene rings is 3. The van der Waals surface area contributed by atoms with E-state index in [1.54, 1.807) is 6.21 Å². The van der Waals surface area contributed by atoms with E-state index in [-0.39, 0.29) is 5.91 Å². The first-order valence-corrected chi connectivity index (χ1v) is 12.1. The number of pyridine rings is 1. The zero-order valence-electron chi connectivity index (χ0n) is 17.2. The highest BCUT2D eigenvalue weighted by Crippen LogP contribution is 2.28. The van der Waals surface area contributed by atoms with Crippen LogP contribution in [-0.2, 0) is 0 Å². The molecule has 0 bridgehead atoms. The molecule has 32 heavy (non-hydrogen) atoms. The van der Waals surface area contributed by atoms with Gasteiger partial charge in [-0.25, -0.2) is 10.4 Å². The van der Waals surface area contributed by atoms with Gasteiger partial charge < -0.3 is 4.74 Å². The molecule has 1 aromatic heterocycles. The summed E-state index contributed by atoms with van der Waals surface area (Å²) in [6.45, 7) is 2.49. The van der Waals surface area contributed by atoms with Crippen molar-refractivity contribution < 1.29 is 9.53 Å². The summed E-state index contributed by atoms with van der Waals surface area (Å²) in [5.41, 5.74) is 6.45. The van der Waals surface area contributed by atoms with Crippen molar-refractivity contribution in [3.63, 3.8) is 0 Å². The number of rotatable bonds is 6. The SMILES string of the molecule is CCOc1c(I)cc(I)cc1/C=N\NC(=O)c1cc(-c2ccccc2)nc2ccccc12. The van der Waals surface area contributed by atoms with Crippen molar-refractivity contribution in [2.75, 3.05) is 6.61 Å². The summed E-state index contributed by atoms with van der Waals surface area (Å²) in [4.78, 5) is 17.8.